The van der Waals surface area contributed by atoms with Crippen LogP contribution in [0.4, 0.5) is 4.39 Å². The van der Waals surface area contributed by atoms with Gasteiger partial charge >= 0.3 is 0 Å². The molecule has 0 radical (unpaired) electrons. The van der Waals surface area contributed by atoms with Gasteiger partial charge in [-0.1, -0.05) is 12.1 Å². The van der Waals surface area contributed by atoms with Crippen molar-refractivity contribution in [2.24, 2.45) is 5.92 Å². The molecule has 0 unspecified atom stereocenters. The van der Waals surface area contributed by atoms with Gasteiger partial charge in [-0.15, -0.1) is 0 Å². The molecule has 1 saturated heterocycles. The number of aliphatic hydroxyl groups excluding tert-OH is 1. The van der Waals surface area contributed by atoms with Crippen LogP contribution in [0.2, 0.25) is 0 Å². The number of hydrogen-bond acceptors (Lipinski definition) is 3. The second kappa shape index (κ2) is 7.00. The fourth-order valence-corrected chi connectivity index (χ4v) is 2.78. The second-order valence-electron chi connectivity index (χ2n) is 6.03. The van der Waals surface area contributed by atoms with Gasteiger partial charge in [-0.2, -0.15) is 0 Å². The number of halogens is 1. The molecule has 1 amide bonds. The third-order valence-electron chi connectivity index (χ3n) is 3.88. The van der Waals surface area contributed by atoms with E-state index in [9.17, 15) is 14.3 Å². The van der Waals surface area contributed by atoms with Crippen LogP contribution in [0.25, 0.3) is 0 Å². The molecule has 1 heterocycles. The first-order valence-electron chi connectivity index (χ1n) is 7.30. The topological polar surface area (TPSA) is 43.8 Å². The van der Waals surface area contributed by atoms with E-state index in [2.05, 4.69) is 0 Å². The molecule has 1 N–H and O–H groups in total. The Morgan fingerprint density at radius 2 is 2.24 bits per heavy atom. The van der Waals surface area contributed by atoms with Crippen molar-refractivity contribution in [2.75, 3.05) is 33.7 Å². The molecule has 1 fully saturated rings. The first kappa shape index (κ1) is 15.9. The molecule has 2 atom stereocenters. The highest BCUT2D eigenvalue weighted by Gasteiger charge is 2.30. The van der Waals surface area contributed by atoms with Crippen LogP contribution in [0.1, 0.15) is 12.0 Å². The highest BCUT2D eigenvalue weighted by Crippen LogP contribution is 2.22. The first-order chi connectivity index (χ1) is 9.95. The van der Waals surface area contributed by atoms with Gasteiger partial charge in [-0.25, -0.2) is 4.39 Å². The average Bonchev–Trinajstić information content (AvgIpc) is 2.40. The van der Waals surface area contributed by atoms with Crippen LogP contribution in [0, 0.1) is 11.7 Å². The van der Waals surface area contributed by atoms with Crippen LogP contribution in [-0.2, 0) is 11.2 Å². The summed E-state index contributed by atoms with van der Waals surface area (Å²) in [7, 11) is 3.72. The molecule has 1 aliphatic heterocycles. The van der Waals surface area contributed by atoms with Crippen molar-refractivity contribution in [1.29, 1.82) is 0 Å². The van der Waals surface area contributed by atoms with Crippen molar-refractivity contribution in [2.45, 2.75) is 18.9 Å². The number of hydrogen-bond donors (Lipinski definition) is 1. The molecule has 116 valence electrons. The molecule has 21 heavy (non-hydrogen) atoms. The van der Waals surface area contributed by atoms with Crippen LogP contribution in [-0.4, -0.2) is 60.6 Å². The third kappa shape index (κ3) is 4.51. The van der Waals surface area contributed by atoms with Gasteiger partial charge in [0, 0.05) is 19.0 Å². The minimum absolute atomic E-state index is 0.0355. The molecule has 4 nitrogen and oxygen atoms in total. The van der Waals surface area contributed by atoms with Crippen LogP contribution < -0.4 is 0 Å². The molecule has 5 heteroatoms. The summed E-state index contributed by atoms with van der Waals surface area (Å²) in [6.07, 6.45) is 0.737. The minimum Gasteiger partial charge on any atom is -0.393 e. The number of piperidine rings is 1. The molecular weight excluding hydrogens is 271 g/mol. The van der Waals surface area contributed by atoms with Gasteiger partial charge in [-0.3, -0.25) is 4.79 Å². The van der Waals surface area contributed by atoms with E-state index in [0.29, 0.717) is 32.5 Å². The predicted octanol–water partition coefficient (Wildman–Crippen LogP) is 1.14. The molecule has 0 aliphatic carbocycles. The fourth-order valence-electron chi connectivity index (χ4n) is 2.78. The normalized spacial score (nSPS) is 22.6. The van der Waals surface area contributed by atoms with E-state index in [0.717, 1.165) is 5.56 Å². The minimum atomic E-state index is -0.434. The van der Waals surface area contributed by atoms with Gasteiger partial charge in [0.2, 0.25) is 5.91 Å². The third-order valence-corrected chi connectivity index (χ3v) is 3.88. The highest BCUT2D eigenvalue weighted by molar-refractivity contribution is 5.78. The molecule has 1 aliphatic rings. The number of likely N-dealkylation sites (tertiary alicyclic amines) is 1. The maximum Gasteiger partial charge on any atom is 0.236 e. The summed E-state index contributed by atoms with van der Waals surface area (Å²) < 4.78 is 13.2. The second-order valence-corrected chi connectivity index (χ2v) is 6.03. The van der Waals surface area contributed by atoms with E-state index in [1.165, 1.54) is 12.1 Å². The molecule has 0 bridgehead atoms. The first-order valence-corrected chi connectivity index (χ1v) is 7.30. The Hall–Kier alpha value is -1.46. The van der Waals surface area contributed by atoms with Gasteiger partial charge in [0.05, 0.1) is 12.6 Å². The standard InChI is InChI=1S/C16H23FN2O2/c1-18(2)11-16(21)19-7-6-15(20)13(10-19)8-12-4-3-5-14(17)9-12/h3-5,9,13,15,20H,6-8,10-11H2,1-2H3/t13-,15-/m1/s1. The summed E-state index contributed by atoms with van der Waals surface area (Å²) in [4.78, 5) is 15.8. The molecule has 1 aromatic carbocycles. The van der Waals surface area contributed by atoms with E-state index in [1.807, 2.05) is 25.1 Å². The van der Waals surface area contributed by atoms with Gasteiger partial charge in [-0.05, 0) is 44.6 Å². The smallest absolute Gasteiger partial charge is 0.236 e. The quantitative estimate of drug-likeness (QED) is 0.905. The lowest BCUT2D eigenvalue weighted by molar-refractivity contribution is -0.135. The van der Waals surface area contributed by atoms with Crippen LogP contribution in [0.3, 0.4) is 0 Å². The van der Waals surface area contributed by atoms with E-state index in [4.69, 9.17) is 0 Å². The SMILES string of the molecule is CN(C)CC(=O)N1CC[C@@H](O)[C@H](Cc2cccc(F)c2)C1. The zero-order valence-electron chi connectivity index (χ0n) is 12.6. The monoisotopic (exact) mass is 294 g/mol. The maximum absolute atomic E-state index is 13.2. The average molecular weight is 294 g/mol. The summed E-state index contributed by atoms with van der Waals surface area (Å²) in [6.45, 7) is 1.50. The molecule has 1 aromatic rings. The molecule has 2 rings (SSSR count). The van der Waals surface area contributed by atoms with Gasteiger partial charge < -0.3 is 14.9 Å². The number of rotatable bonds is 4. The zero-order valence-corrected chi connectivity index (χ0v) is 12.6. The summed E-state index contributed by atoms with van der Waals surface area (Å²) >= 11 is 0. The van der Waals surface area contributed by atoms with Crippen molar-refractivity contribution in [3.63, 3.8) is 0 Å². The summed E-state index contributed by atoms with van der Waals surface area (Å²) in [5.74, 6) is -0.221. The lowest BCUT2D eigenvalue weighted by atomic mass is 9.88. The van der Waals surface area contributed by atoms with Crippen molar-refractivity contribution in [3.8, 4) is 0 Å². The number of amides is 1. The Morgan fingerprint density at radius 1 is 1.48 bits per heavy atom. The van der Waals surface area contributed by atoms with Crippen molar-refractivity contribution in [3.05, 3.63) is 35.6 Å². The van der Waals surface area contributed by atoms with Gasteiger partial charge in [0.25, 0.3) is 0 Å². The largest absolute Gasteiger partial charge is 0.393 e. The Kier molecular flexibility index (Phi) is 5.31. The van der Waals surface area contributed by atoms with E-state index < -0.39 is 6.10 Å². The van der Waals surface area contributed by atoms with E-state index in [1.54, 1.807) is 11.0 Å². The Labute approximate surface area is 125 Å². The summed E-state index contributed by atoms with van der Waals surface area (Å²) in [6, 6.07) is 6.44. The molecule has 0 spiro atoms. The van der Waals surface area contributed by atoms with Crippen molar-refractivity contribution >= 4 is 5.91 Å². The van der Waals surface area contributed by atoms with E-state index in [-0.39, 0.29) is 17.6 Å². The van der Waals surface area contributed by atoms with Crippen LogP contribution in [0.5, 0.6) is 0 Å². The number of carbonyl (C=O) groups is 1. The Morgan fingerprint density at radius 3 is 2.90 bits per heavy atom. The summed E-state index contributed by atoms with van der Waals surface area (Å²) in [5, 5.41) is 10.1. The highest BCUT2D eigenvalue weighted by atomic mass is 19.1. The zero-order chi connectivity index (χ0) is 15.4. The maximum atomic E-state index is 13.2. The Bertz CT molecular complexity index is 493. The van der Waals surface area contributed by atoms with Crippen molar-refractivity contribution < 1.29 is 14.3 Å². The van der Waals surface area contributed by atoms with Gasteiger partial charge in [0.15, 0.2) is 0 Å². The van der Waals surface area contributed by atoms with Crippen LogP contribution in [0.15, 0.2) is 24.3 Å². The number of benzene rings is 1. The molecule has 0 saturated carbocycles. The van der Waals surface area contributed by atoms with Crippen LogP contribution >= 0.6 is 0 Å². The molecular formula is C16H23FN2O2. The lowest BCUT2D eigenvalue weighted by Gasteiger charge is -2.36. The van der Waals surface area contributed by atoms with Crippen molar-refractivity contribution in [1.82, 2.24) is 9.80 Å². The molecule has 0 aromatic heterocycles. The number of nitrogens with zero attached hydrogens (tertiary/aromatic N) is 2. The number of likely N-dealkylation sites (N-methyl/N-ethyl adjacent to an activating group) is 1. The fraction of sp³-hybridized carbons (Fsp3) is 0.562. The Balaban J connectivity index is 1.99. The van der Waals surface area contributed by atoms with Gasteiger partial charge in [0.1, 0.15) is 5.82 Å². The van der Waals surface area contributed by atoms with E-state index >= 15 is 0 Å². The number of aliphatic hydroxyl groups is 1. The predicted molar refractivity (Wildman–Crippen MR) is 79.4 cm³/mol. The summed E-state index contributed by atoms with van der Waals surface area (Å²) in [5.41, 5.74) is 0.862. The number of carbonyl (C=O) groups excluding carboxylic acids is 1. The lowest BCUT2D eigenvalue weighted by Crippen LogP contribution is -2.49.